The lowest BCUT2D eigenvalue weighted by atomic mass is 10.1. The zero-order valence-electron chi connectivity index (χ0n) is 18.5. The first kappa shape index (κ1) is 24.2. The van der Waals surface area contributed by atoms with Gasteiger partial charge in [0, 0.05) is 26.1 Å². The number of amides is 2. The fraction of sp³-hybridized carbons (Fsp3) is 0.667. The lowest BCUT2D eigenvalue weighted by Gasteiger charge is -2.28. The maximum atomic E-state index is 13.1. The molecule has 30 heavy (non-hydrogen) atoms. The fourth-order valence-electron chi connectivity index (χ4n) is 3.77. The highest BCUT2D eigenvalue weighted by Crippen LogP contribution is 2.16. The number of rotatable bonds is 15. The number of hydrogen-bond donors (Lipinski definition) is 0. The van der Waals surface area contributed by atoms with Crippen LogP contribution in [0.3, 0.4) is 0 Å². The van der Waals surface area contributed by atoms with Crippen molar-refractivity contribution >= 4 is 11.8 Å². The maximum absolute atomic E-state index is 13.1. The third-order valence-corrected chi connectivity index (χ3v) is 5.50. The molecular formula is C24H38N2O4. The standard InChI is InChI=1S/C24H38N2O4/c1-3-5-6-7-8-9-14-23(27)25(15-4-2)20-24(28)26(18-21-12-10-16-29-21)19-22-13-11-17-30-22/h4,10,12,16,22H,2-3,5-9,11,13-15,17-20H2,1H3. The summed E-state index contributed by atoms with van der Waals surface area (Å²) in [5, 5.41) is 0. The zero-order chi connectivity index (χ0) is 21.6. The van der Waals surface area contributed by atoms with Crippen LogP contribution >= 0.6 is 0 Å². The molecule has 6 heteroatoms. The van der Waals surface area contributed by atoms with Crippen molar-refractivity contribution in [3.63, 3.8) is 0 Å². The van der Waals surface area contributed by atoms with E-state index in [4.69, 9.17) is 9.15 Å². The van der Waals surface area contributed by atoms with Crippen LogP contribution in [0.25, 0.3) is 0 Å². The van der Waals surface area contributed by atoms with Crippen LogP contribution in [-0.2, 0) is 20.9 Å². The van der Waals surface area contributed by atoms with Crippen LogP contribution in [0.15, 0.2) is 35.5 Å². The third kappa shape index (κ3) is 8.74. The summed E-state index contributed by atoms with van der Waals surface area (Å²) >= 11 is 0. The normalized spacial score (nSPS) is 15.8. The van der Waals surface area contributed by atoms with Gasteiger partial charge in [0.15, 0.2) is 0 Å². The van der Waals surface area contributed by atoms with Crippen molar-refractivity contribution in [3.05, 3.63) is 36.8 Å². The van der Waals surface area contributed by atoms with Gasteiger partial charge in [0.05, 0.1) is 18.9 Å². The van der Waals surface area contributed by atoms with Crippen molar-refractivity contribution in [2.24, 2.45) is 0 Å². The van der Waals surface area contributed by atoms with E-state index in [0.717, 1.165) is 38.1 Å². The van der Waals surface area contributed by atoms with Crippen LogP contribution < -0.4 is 0 Å². The summed E-state index contributed by atoms with van der Waals surface area (Å²) in [6, 6.07) is 3.68. The Hall–Kier alpha value is -2.08. The summed E-state index contributed by atoms with van der Waals surface area (Å²) in [7, 11) is 0. The Morgan fingerprint density at radius 3 is 2.63 bits per heavy atom. The lowest BCUT2D eigenvalue weighted by Crippen LogP contribution is -2.45. The molecule has 1 saturated heterocycles. The van der Waals surface area contributed by atoms with Gasteiger partial charge in [-0.1, -0.05) is 45.1 Å². The van der Waals surface area contributed by atoms with Crippen LogP contribution in [0, 0.1) is 0 Å². The molecule has 6 nitrogen and oxygen atoms in total. The molecule has 1 fully saturated rings. The molecule has 168 valence electrons. The minimum atomic E-state index is -0.0833. The summed E-state index contributed by atoms with van der Waals surface area (Å²) in [4.78, 5) is 29.2. The monoisotopic (exact) mass is 418 g/mol. The summed E-state index contributed by atoms with van der Waals surface area (Å²) in [5.41, 5.74) is 0. The molecule has 0 aliphatic carbocycles. The minimum absolute atomic E-state index is 0.0220. The average Bonchev–Trinajstić information content (AvgIpc) is 3.44. The molecule has 0 saturated carbocycles. The molecule has 0 aromatic carbocycles. The van der Waals surface area contributed by atoms with Gasteiger partial charge in [-0.2, -0.15) is 0 Å². The van der Waals surface area contributed by atoms with E-state index in [1.807, 2.05) is 12.1 Å². The summed E-state index contributed by atoms with van der Waals surface area (Å²) in [6.07, 6.45) is 12.6. The largest absolute Gasteiger partial charge is 0.467 e. The number of unbranched alkanes of at least 4 members (excludes halogenated alkanes) is 5. The molecule has 1 atom stereocenters. The van der Waals surface area contributed by atoms with Gasteiger partial charge in [-0.3, -0.25) is 9.59 Å². The van der Waals surface area contributed by atoms with Crippen LogP contribution in [0.1, 0.15) is 70.5 Å². The number of nitrogens with zero attached hydrogens (tertiary/aromatic N) is 2. The highest BCUT2D eigenvalue weighted by molar-refractivity contribution is 5.85. The number of ether oxygens (including phenoxy) is 1. The minimum Gasteiger partial charge on any atom is -0.467 e. The van der Waals surface area contributed by atoms with Gasteiger partial charge in [0.1, 0.15) is 12.3 Å². The quantitative estimate of drug-likeness (QED) is 0.310. The van der Waals surface area contributed by atoms with Gasteiger partial charge in [-0.15, -0.1) is 6.58 Å². The van der Waals surface area contributed by atoms with Gasteiger partial charge in [-0.25, -0.2) is 0 Å². The fourth-order valence-corrected chi connectivity index (χ4v) is 3.77. The Morgan fingerprint density at radius 1 is 1.17 bits per heavy atom. The van der Waals surface area contributed by atoms with Gasteiger partial charge in [-0.05, 0) is 31.4 Å². The number of carbonyl (C=O) groups is 2. The van der Waals surface area contributed by atoms with Crippen LogP contribution in [0.4, 0.5) is 0 Å². The van der Waals surface area contributed by atoms with Crippen molar-refractivity contribution in [1.29, 1.82) is 0 Å². The number of carbonyl (C=O) groups excluding carboxylic acids is 2. The van der Waals surface area contributed by atoms with Gasteiger partial charge in [0.25, 0.3) is 0 Å². The van der Waals surface area contributed by atoms with E-state index in [1.165, 1.54) is 25.7 Å². The van der Waals surface area contributed by atoms with Gasteiger partial charge < -0.3 is 19.0 Å². The maximum Gasteiger partial charge on any atom is 0.242 e. The topological polar surface area (TPSA) is 63.0 Å². The second-order valence-electron chi connectivity index (χ2n) is 8.07. The van der Waals surface area contributed by atoms with Crippen LogP contribution in [0.5, 0.6) is 0 Å². The van der Waals surface area contributed by atoms with Crippen molar-refractivity contribution < 1.29 is 18.7 Å². The molecule has 1 unspecified atom stereocenters. The molecule has 0 spiro atoms. The molecule has 1 aliphatic heterocycles. The predicted octanol–water partition coefficient (Wildman–Crippen LogP) is 4.55. The van der Waals surface area contributed by atoms with Crippen LogP contribution in [-0.4, -0.2) is 54.0 Å². The first-order valence-corrected chi connectivity index (χ1v) is 11.4. The lowest BCUT2D eigenvalue weighted by molar-refractivity contribution is -0.141. The average molecular weight is 419 g/mol. The Balaban J connectivity index is 1.89. The molecule has 2 amide bonds. The van der Waals surface area contributed by atoms with E-state index in [1.54, 1.807) is 22.1 Å². The third-order valence-electron chi connectivity index (χ3n) is 5.50. The van der Waals surface area contributed by atoms with Crippen molar-refractivity contribution in [3.8, 4) is 0 Å². The van der Waals surface area contributed by atoms with E-state index < -0.39 is 0 Å². The number of furan rings is 1. The second kappa shape index (κ2) is 14.0. The van der Waals surface area contributed by atoms with Gasteiger partial charge in [0.2, 0.25) is 11.8 Å². The molecule has 1 aliphatic rings. The van der Waals surface area contributed by atoms with E-state index in [0.29, 0.717) is 26.1 Å². The smallest absolute Gasteiger partial charge is 0.242 e. The highest BCUT2D eigenvalue weighted by Gasteiger charge is 2.25. The van der Waals surface area contributed by atoms with E-state index >= 15 is 0 Å². The summed E-state index contributed by atoms with van der Waals surface area (Å²) < 4.78 is 11.2. The van der Waals surface area contributed by atoms with E-state index in [9.17, 15) is 9.59 Å². The molecule has 1 aromatic rings. The van der Waals surface area contributed by atoms with Crippen molar-refractivity contribution in [2.45, 2.75) is 77.4 Å². The molecule has 0 N–H and O–H groups in total. The summed E-state index contributed by atoms with van der Waals surface area (Å²) in [5.74, 6) is 0.670. The van der Waals surface area contributed by atoms with Crippen molar-refractivity contribution in [1.82, 2.24) is 9.80 Å². The second-order valence-corrected chi connectivity index (χ2v) is 8.07. The summed E-state index contributed by atoms with van der Waals surface area (Å²) in [6.45, 7) is 8.05. The Labute approximate surface area is 181 Å². The first-order valence-electron chi connectivity index (χ1n) is 11.4. The number of hydrogen-bond acceptors (Lipinski definition) is 4. The molecule has 0 radical (unpaired) electrons. The molecule has 0 bridgehead atoms. The molecule has 2 rings (SSSR count). The predicted molar refractivity (Wildman–Crippen MR) is 118 cm³/mol. The highest BCUT2D eigenvalue weighted by atomic mass is 16.5. The Morgan fingerprint density at radius 2 is 1.97 bits per heavy atom. The van der Waals surface area contributed by atoms with Crippen molar-refractivity contribution in [2.75, 3.05) is 26.2 Å². The van der Waals surface area contributed by atoms with Crippen LogP contribution in [0.2, 0.25) is 0 Å². The Kier molecular flexibility index (Phi) is 11.3. The Bertz CT molecular complexity index is 623. The SMILES string of the molecule is C=CCN(CC(=O)N(Cc1ccco1)CC1CCCO1)C(=O)CCCCCCCC. The van der Waals surface area contributed by atoms with E-state index in [2.05, 4.69) is 13.5 Å². The molecular weight excluding hydrogens is 380 g/mol. The molecule has 1 aromatic heterocycles. The van der Waals surface area contributed by atoms with Gasteiger partial charge >= 0.3 is 0 Å². The first-order chi connectivity index (χ1) is 14.6. The zero-order valence-corrected chi connectivity index (χ0v) is 18.5. The molecule has 2 heterocycles. The van der Waals surface area contributed by atoms with E-state index in [-0.39, 0.29) is 24.5 Å².